The second-order valence-electron chi connectivity index (χ2n) is 5.77. The van der Waals surface area contributed by atoms with Gasteiger partial charge in [-0.3, -0.25) is 9.59 Å². The van der Waals surface area contributed by atoms with Gasteiger partial charge in [0.2, 0.25) is 5.91 Å². The molecule has 104 valence electrons. The van der Waals surface area contributed by atoms with Crippen LogP contribution >= 0.6 is 0 Å². The molecule has 1 fully saturated rings. The Labute approximate surface area is 109 Å². The molecular formula is C14H25NO3. The van der Waals surface area contributed by atoms with Crippen molar-refractivity contribution in [3.8, 4) is 0 Å². The Morgan fingerprint density at radius 1 is 1.11 bits per heavy atom. The molecule has 0 heterocycles. The van der Waals surface area contributed by atoms with Gasteiger partial charge in [-0.25, -0.2) is 0 Å². The van der Waals surface area contributed by atoms with Gasteiger partial charge in [0.15, 0.2) is 0 Å². The van der Waals surface area contributed by atoms with E-state index in [2.05, 4.69) is 13.8 Å². The lowest BCUT2D eigenvalue weighted by atomic mass is 9.78. The number of carbonyl (C=O) groups excluding carboxylic acids is 1. The summed E-state index contributed by atoms with van der Waals surface area (Å²) < 4.78 is 0. The fraction of sp³-hybridized carbons (Fsp3) is 0.857. The standard InChI is InChI=1S/C14H25NO3/c1-9(2)10(3)15(4)13(16)11-7-5-6-8-12(11)14(17)18/h9-12H,5-8H2,1-4H3,(H,17,18). The molecule has 0 bridgehead atoms. The van der Waals surface area contributed by atoms with E-state index in [1.807, 2.05) is 6.92 Å². The molecule has 0 saturated heterocycles. The van der Waals surface area contributed by atoms with Crippen molar-refractivity contribution in [3.63, 3.8) is 0 Å². The van der Waals surface area contributed by atoms with Crippen LogP contribution in [0.2, 0.25) is 0 Å². The largest absolute Gasteiger partial charge is 0.481 e. The molecule has 1 N–H and O–H groups in total. The van der Waals surface area contributed by atoms with Gasteiger partial charge in [0, 0.05) is 13.1 Å². The first kappa shape index (κ1) is 15.0. The minimum Gasteiger partial charge on any atom is -0.481 e. The number of hydrogen-bond donors (Lipinski definition) is 1. The van der Waals surface area contributed by atoms with Gasteiger partial charge >= 0.3 is 5.97 Å². The highest BCUT2D eigenvalue weighted by molar-refractivity contribution is 5.85. The van der Waals surface area contributed by atoms with Gasteiger partial charge in [-0.2, -0.15) is 0 Å². The molecule has 1 saturated carbocycles. The van der Waals surface area contributed by atoms with Crippen molar-refractivity contribution >= 4 is 11.9 Å². The normalized spacial score (nSPS) is 25.8. The first-order valence-electron chi connectivity index (χ1n) is 6.85. The summed E-state index contributed by atoms with van der Waals surface area (Å²) in [5, 5.41) is 9.22. The lowest BCUT2D eigenvalue weighted by molar-refractivity contribution is -0.152. The molecule has 0 aromatic rings. The van der Waals surface area contributed by atoms with Crippen LogP contribution < -0.4 is 0 Å². The zero-order chi connectivity index (χ0) is 13.9. The lowest BCUT2D eigenvalue weighted by Gasteiger charge is -2.35. The van der Waals surface area contributed by atoms with E-state index in [0.717, 1.165) is 12.8 Å². The van der Waals surface area contributed by atoms with Crippen molar-refractivity contribution in [3.05, 3.63) is 0 Å². The highest BCUT2D eigenvalue weighted by atomic mass is 16.4. The second-order valence-corrected chi connectivity index (χ2v) is 5.77. The first-order valence-corrected chi connectivity index (χ1v) is 6.85. The van der Waals surface area contributed by atoms with E-state index >= 15 is 0 Å². The lowest BCUT2D eigenvalue weighted by Crippen LogP contribution is -2.45. The summed E-state index contributed by atoms with van der Waals surface area (Å²) in [6.07, 6.45) is 3.23. The summed E-state index contributed by atoms with van der Waals surface area (Å²) >= 11 is 0. The van der Waals surface area contributed by atoms with Gasteiger partial charge in [0.05, 0.1) is 11.8 Å². The molecule has 0 aromatic heterocycles. The van der Waals surface area contributed by atoms with E-state index in [1.165, 1.54) is 0 Å². The molecule has 4 heteroatoms. The molecule has 3 unspecified atom stereocenters. The van der Waals surface area contributed by atoms with Crippen molar-refractivity contribution in [1.82, 2.24) is 4.90 Å². The number of amides is 1. The zero-order valence-corrected chi connectivity index (χ0v) is 11.8. The van der Waals surface area contributed by atoms with E-state index in [0.29, 0.717) is 18.8 Å². The van der Waals surface area contributed by atoms with Crippen molar-refractivity contribution in [1.29, 1.82) is 0 Å². The van der Waals surface area contributed by atoms with Gasteiger partial charge in [-0.1, -0.05) is 26.7 Å². The molecule has 1 amide bonds. The summed E-state index contributed by atoms with van der Waals surface area (Å²) in [5.74, 6) is -1.26. The molecule has 0 aliphatic heterocycles. The Kier molecular flexibility index (Phi) is 5.17. The third-order valence-corrected chi connectivity index (χ3v) is 4.32. The van der Waals surface area contributed by atoms with Crippen molar-refractivity contribution in [2.24, 2.45) is 17.8 Å². The van der Waals surface area contributed by atoms with E-state index < -0.39 is 11.9 Å². The van der Waals surface area contributed by atoms with E-state index in [1.54, 1.807) is 11.9 Å². The monoisotopic (exact) mass is 255 g/mol. The molecular weight excluding hydrogens is 230 g/mol. The summed E-state index contributed by atoms with van der Waals surface area (Å²) in [7, 11) is 1.79. The molecule has 1 aliphatic carbocycles. The predicted octanol–water partition coefficient (Wildman–Crippen LogP) is 2.38. The van der Waals surface area contributed by atoms with E-state index in [-0.39, 0.29) is 17.9 Å². The molecule has 1 rings (SSSR count). The molecule has 3 atom stereocenters. The van der Waals surface area contributed by atoms with Crippen molar-refractivity contribution in [2.45, 2.75) is 52.5 Å². The number of carboxylic acids is 1. The molecule has 1 aliphatic rings. The van der Waals surface area contributed by atoms with Crippen LogP contribution in [0.3, 0.4) is 0 Å². The van der Waals surface area contributed by atoms with E-state index in [4.69, 9.17) is 0 Å². The van der Waals surface area contributed by atoms with Crippen molar-refractivity contribution < 1.29 is 14.7 Å². The highest BCUT2D eigenvalue weighted by Crippen LogP contribution is 2.32. The maximum atomic E-state index is 12.4. The van der Waals surface area contributed by atoms with Crippen LogP contribution in [0.15, 0.2) is 0 Å². The van der Waals surface area contributed by atoms with E-state index in [9.17, 15) is 14.7 Å². The van der Waals surface area contributed by atoms with Gasteiger partial charge in [-0.15, -0.1) is 0 Å². The van der Waals surface area contributed by atoms with Crippen molar-refractivity contribution in [2.75, 3.05) is 7.05 Å². The predicted molar refractivity (Wildman–Crippen MR) is 70.2 cm³/mol. The maximum Gasteiger partial charge on any atom is 0.307 e. The Bertz CT molecular complexity index is 314. The summed E-state index contributed by atoms with van der Waals surface area (Å²) in [4.78, 5) is 25.4. The highest BCUT2D eigenvalue weighted by Gasteiger charge is 2.38. The number of rotatable bonds is 4. The second kappa shape index (κ2) is 6.21. The minimum atomic E-state index is -0.821. The fourth-order valence-corrected chi connectivity index (χ4v) is 2.63. The molecule has 18 heavy (non-hydrogen) atoms. The number of nitrogens with zero attached hydrogens (tertiary/aromatic N) is 1. The molecule has 4 nitrogen and oxygen atoms in total. The quantitative estimate of drug-likeness (QED) is 0.839. The Hall–Kier alpha value is -1.06. The van der Waals surface area contributed by atoms with Crippen LogP contribution in [-0.4, -0.2) is 35.0 Å². The van der Waals surface area contributed by atoms with Crippen LogP contribution in [0.4, 0.5) is 0 Å². The number of hydrogen-bond acceptors (Lipinski definition) is 2. The topological polar surface area (TPSA) is 57.6 Å². The smallest absolute Gasteiger partial charge is 0.307 e. The Morgan fingerprint density at radius 2 is 1.61 bits per heavy atom. The van der Waals surface area contributed by atoms with Crippen LogP contribution in [-0.2, 0) is 9.59 Å². The minimum absolute atomic E-state index is 0.00306. The first-order chi connectivity index (χ1) is 8.36. The van der Waals surface area contributed by atoms with Gasteiger partial charge in [0.25, 0.3) is 0 Å². The fourth-order valence-electron chi connectivity index (χ4n) is 2.63. The molecule has 0 radical (unpaired) electrons. The summed E-state index contributed by atoms with van der Waals surface area (Å²) in [6.45, 7) is 6.16. The zero-order valence-electron chi connectivity index (χ0n) is 11.8. The van der Waals surface area contributed by atoms with Gasteiger partial charge < -0.3 is 10.0 Å². The van der Waals surface area contributed by atoms with Crippen LogP contribution in [0, 0.1) is 17.8 Å². The van der Waals surface area contributed by atoms with Crippen LogP contribution in [0.1, 0.15) is 46.5 Å². The molecule has 0 aromatic carbocycles. The molecule has 0 spiro atoms. The Morgan fingerprint density at radius 3 is 2.06 bits per heavy atom. The third kappa shape index (κ3) is 3.24. The maximum absolute atomic E-state index is 12.4. The SMILES string of the molecule is CC(C)C(C)N(C)C(=O)C1CCCCC1C(=O)O. The Balaban J connectivity index is 2.77. The van der Waals surface area contributed by atoms with Crippen LogP contribution in [0.25, 0.3) is 0 Å². The van der Waals surface area contributed by atoms with Gasteiger partial charge in [0.1, 0.15) is 0 Å². The average molecular weight is 255 g/mol. The average Bonchev–Trinajstić information content (AvgIpc) is 2.35. The van der Waals surface area contributed by atoms with Gasteiger partial charge in [-0.05, 0) is 25.7 Å². The number of aliphatic carboxylic acids is 1. The summed E-state index contributed by atoms with van der Waals surface area (Å²) in [6, 6.07) is 0.147. The number of carboxylic acid groups (broad SMARTS) is 1. The third-order valence-electron chi connectivity index (χ3n) is 4.32. The number of carbonyl (C=O) groups is 2. The summed E-state index contributed by atoms with van der Waals surface area (Å²) in [5.41, 5.74) is 0. The van der Waals surface area contributed by atoms with Crippen LogP contribution in [0.5, 0.6) is 0 Å².